The highest BCUT2D eigenvalue weighted by atomic mass is 15.0. The first kappa shape index (κ1) is 24.6. The SMILES string of the molecule is c1ccc(-c2ccc(-c3cccc(-n4c5ccccc5c5cc6c(cc54)c4ccccc4n6-c4ccncc4)c3)cc2)cc1. The van der Waals surface area contributed by atoms with Crippen molar-refractivity contribution in [2.45, 2.75) is 0 Å². The molecule has 9 rings (SSSR count). The maximum absolute atomic E-state index is 4.27. The van der Waals surface area contributed by atoms with Gasteiger partial charge in [0.2, 0.25) is 0 Å². The van der Waals surface area contributed by atoms with E-state index in [0.717, 1.165) is 11.4 Å². The van der Waals surface area contributed by atoms with Gasteiger partial charge >= 0.3 is 0 Å². The van der Waals surface area contributed by atoms with Crippen molar-refractivity contribution in [1.82, 2.24) is 14.1 Å². The van der Waals surface area contributed by atoms with Gasteiger partial charge in [0.05, 0.1) is 22.1 Å². The van der Waals surface area contributed by atoms with Gasteiger partial charge < -0.3 is 9.13 Å². The molecule has 0 atom stereocenters. The molecule has 0 aliphatic heterocycles. The molecule has 0 N–H and O–H groups in total. The third kappa shape index (κ3) is 3.80. The normalized spacial score (nSPS) is 11.6. The van der Waals surface area contributed by atoms with Gasteiger partial charge in [0, 0.05) is 45.3 Å². The molecule has 3 nitrogen and oxygen atoms in total. The smallest absolute Gasteiger partial charge is 0.0548 e. The Balaban J connectivity index is 1.27. The Morgan fingerprint density at radius 3 is 1.45 bits per heavy atom. The first-order valence-electron chi connectivity index (χ1n) is 15.0. The van der Waals surface area contributed by atoms with E-state index in [-0.39, 0.29) is 0 Å². The average Bonchev–Trinajstić information content (AvgIpc) is 3.60. The summed E-state index contributed by atoms with van der Waals surface area (Å²) in [6.07, 6.45) is 3.73. The number of para-hydroxylation sites is 2. The van der Waals surface area contributed by atoms with Crippen LogP contribution in [0, 0.1) is 0 Å². The summed E-state index contributed by atoms with van der Waals surface area (Å²) >= 11 is 0. The number of benzene rings is 6. The van der Waals surface area contributed by atoms with Crippen LogP contribution in [0.25, 0.3) is 77.2 Å². The van der Waals surface area contributed by atoms with E-state index in [4.69, 9.17) is 0 Å². The first-order valence-corrected chi connectivity index (χ1v) is 15.0. The molecule has 3 heteroatoms. The summed E-state index contributed by atoms with van der Waals surface area (Å²) in [5.41, 5.74) is 11.9. The minimum atomic E-state index is 1.11. The minimum Gasteiger partial charge on any atom is -0.309 e. The number of nitrogens with zero attached hydrogens (tertiary/aromatic N) is 3. The van der Waals surface area contributed by atoms with Crippen LogP contribution >= 0.6 is 0 Å². The van der Waals surface area contributed by atoms with Gasteiger partial charge in [0.25, 0.3) is 0 Å². The summed E-state index contributed by atoms with van der Waals surface area (Å²) in [5.74, 6) is 0. The number of rotatable bonds is 4. The van der Waals surface area contributed by atoms with Crippen molar-refractivity contribution >= 4 is 43.6 Å². The minimum absolute atomic E-state index is 1.11. The van der Waals surface area contributed by atoms with E-state index in [1.807, 2.05) is 12.4 Å². The fourth-order valence-corrected chi connectivity index (χ4v) is 6.79. The van der Waals surface area contributed by atoms with Crippen LogP contribution in [0.1, 0.15) is 0 Å². The van der Waals surface area contributed by atoms with Crippen molar-refractivity contribution < 1.29 is 0 Å². The van der Waals surface area contributed by atoms with Crippen LogP contribution in [0.3, 0.4) is 0 Å². The molecule has 0 radical (unpaired) electrons. The molecule has 0 fully saturated rings. The van der Waals surface area contributed by atoms with Gasteiger partial charge in [0.15, 0.2) is 0 Å². The highest BCUT2D eigenvalue weighted by Gasteiger charge is 2.18. The van der Waals surface area contributed by atoms with Crippen LogP contribution < -0.4 is 0 Å². The van der Waals surface area contributed by atoms with Crippen molar-refractivity contribution in [3.63, 3.8) is 0 Å². The second kappa shape index (κ2) is 9.82. The fraction of sp³-hybridized carbons (Fsp3) is 0. The van der Waals surface area contributed by atoms with Gasteiger partial charge in [-0.05, 0) is 70.8 Å². The Morgan fingerprint density at radius 2 is 0.818 bits per heavy atom. The molecule has 9 aromatic rings. The van der Waals surface area contributed by atoms with Crippen molar-refractivity contribution in [3.05, 3.63) is 164 Å². The molecular formula is C41H27N3. The Hall–Kier alpha value is -5.93. The van der Waals surface area contributed by atoms with E-state index < -0.39 is 0 Å². The molecule has 0 aliphatic rings. The highest BCUT2D eigenvalue weighted by Crippen LogP contribution is 2.40. The molecule has 44 heavy (non-hydrogen) atoms. The summed E-state index contributed by atoms with van der Waals surface area (Å²) in [7, 11) is 0. The summed E-state index contributed by atoms with van der Waals surface area (Å²) in [5, 5.41) is 4.96. The predicted molar refractivity (Wildman–Crippen MR) is 184 cm³/mol. The molecule has 0 bridgehead atoms. The Bertz CT molecular complexity index is 2470. The summed E-state index contributed by atoms with van der Waals surface area (Å²) in [6.45, 7) is 0. The van der Waals surface area contributed by atoms with Gasteiger partial charge in [-0.25, -0.2) is 0 Å². The van der Waals surface area contributed by atoms with Crippen molar-refractivity contribution in [1.29, 1.82) is 0 Å². The third-order valence-corrected chi connectivity index (χ3v) is 8.82. The maximum atomic E-state index is 4.27. The molecule has 0 unspecified atom stereocenters. The zero-order valence-corrected chi connectivity index (χ0v) is 23.9. The first-order chi connectivity index (χ1) is 21.8. The standard InChI is InChI=1S/C41H27N3/c1-2-9-28(10-3-1)29-17-19-30(20-18-29)31-11-8-12-33(25-31)44-39-16-7-5-14-35(39)37-26-40-36(27-41(37)44)34-13-4-6-15-38(34)43(40)32-21-23-42-24-22-32/h1-27H. The third-order valence-electron chi connectivity index (χ3n) is 8.82. The number of hydrogen-bond donors (Lipinski definition) is 0. The lowest BCUT2D eigenvalue weighted by atomic mass is 10.00. The molecule has 3 aromatic heterocycles. The van der Waals surface area contributed by atoms with E-state index >= 15 is 0 Å². The lowest BCUT2D eigenvalue weighted by Gasteiger charge is -2.11. The molecule has 0 saturated carbocycles. The largest absolute Gasteiger partial charge is 0.309 e. The molecular weight excluding hydrogens is 534 g/mol. The molecule has 206 valence electrons. The molecule has 0 spiro atoms. The van der Waals surface area contributed by atoms with E-state index in [1.54, 1.807) is 0 Å². The number of pyridine rings is 1. The van der Waals surface area contributed by atoms with Crippen LogP contribution in [-0.2, 0) is 0 Å². The summed E-state index contributed by atoms with van der Waals surface area (Å²) < 4.78 is 4.78. The van der Waals surface area contributed by atoms with E-state index in [0.29, 0.717) is 0 Å². The summed E-state index contributed by atoms with van der Waals surface area (Å²) in [6, 6.07) is 54.7. The van der Waals surface area contributed by atoms with Gasteiger partial charge in [-0.2, -0.15) is 0 Å². The van der Waals surface area contributed by atoms with Crippen LogP contribution in [-0.4, -0.2) is 14.1 Å². The summed E-state index contributed by atoms with van der Waals surface area (Å²) in [4.78, 5) is 4.27. The molecule has 0 aliphatic carbocycles. The van der Waals surface area contributed by atoms with Crippen molar-refractivity contribution in [3.8, 4) is 33.6 Å². The van der Waals surface area contributed by atoms with Crippen LogP contribution in [0.2, 0.25) is 0 Å². The predicted octanol–water partition coefficient (Wildman–Crippen LogP) is 10.6. The molecule has 0 saturated heterocycles. The zero-order chi connectivity index (χ0) is 29.0. The van der Waals surface area contributed by atoms with Crippen molar-refractivity contribution in [2.75, 3.05) is 0 Å². The molecule has 6 aromatic carbocycles. The maximum Gasteiger partial charge on any atom is 0.0548 e. The monoisotopic (exact) mass is 561 g/mol. The topological polar surface area (TPSA) is 22.8 Å². The van der Waals surface area contributed by atoms with Gasteiger partial charge in [-0.1, -0.05) is 103 Å². The molecule has 0 amide bonds. The van der Waals surface area contributed by atoms with Crippen LogP contribution in [0.4, 0.5) is 0 Å². The fourth-order valence-electron chi connectivity index (χ4n) is 6.79. The van der Waals surface area contributed by atoms with E-state index in [1.165, 1.54) is 65.9 Å². The van der Waals surface area contributed by atoms with E-state index in [2.05, 4.69) is 166 Å². The lowest BCUT2D eigenvalue weighted by molar-refractivity contribution is 1.15. The van der Waals surface area contributed by atoms with E-state index in [9.17, 15) is 0 Å². The Kier molecular flexibility index (Phi) is 5.50. The second-order valence-electron chi connectivity index (χ2n) is 11.3. The average molecular weight is 562 g/mol. The quantitative estimate of drug-likeness (QED) is 0.210. The zero-order valence-electron chi connectivity index (χ0n) is 23.9. The van der Waals surface area contributed by atoms with Crippen LogP contribution in [0.5, 0.6) is 0 Å². The Morgan fingerprint density at radius 1 is 0.318 bits per heavy atom. The number of hydrogen-bond acceptors (Lipinski definition) is 1. The second-order valence-corrected chi connectivity index (χ2v) is 11.3. The lowest BCUT2D eigenvalue weighted by Crippen LogP contribution is -1.95. The molecule has 3 heterocycles. The van der Waals surface area contributed by atoms with Gasteiger partial charge in [-0.3, -0.25) is 4.98 Å². The van der Waals surface area contributed by atoms with Crippen LogP contribution in [0.15, 0.2) is 164 Å². The van der Waals surface area contributed by atoms with Gasteiger partial charge in [0.1, 0.15) is 0 Å². The van der Waals surface area contributed by atoms with Gasteiger partial charge in [-0.15, -0.1) is 0 Å². The Labute approximate surface area is 254 Å². The number of fused-ring (bicyclic) bond motifs is 6. The van der Waals surface area contributed by atoms with Crippen molar-refractivity contribution in [2.24, 2.45) is 0 Å². The number of aromatic nitrogens is 3. The highest BCUT2D eigenvalue weighted by molar-refractivity contribution is 6.19.